The summed E-state index contributed by atoms with van der Waals surface area (Å²) in [7, 11) is 0. The largest absolute Gasteiger partial charge is 0.397 e. The maximum atomic E-state index is 5.92. The molecule has 2 aromatic rings. The van der Waals surface area contributed by atoms with Crippen molar-refractivity contribution in [3.63, 3.8) is 0 Å². The van der Waals surface area contributed by atoms with E-state index >= 15 is 0 Å². The first-order valence-electron chi connectivity index (χ1n) is 5.37. The highest BCUT2D eigenvalue weighted by Crippen LogP contribution is 2.22. The smallest absolute Gasteiger partial charge is 0.0603 e. The lowest BCUT2D eigenvalue weighted by atomic mass is 10.1. The Morgan fingerprint density at radius 1 is 1.31 bits per heavy atom. The summed E-state index contributed by atoms with van der Waals surface area (Å²) in [6.07, 6.45) is 1.04. The highest BCUT2D eigenvalue weighted by molar-refractivity contribution is 7.07. The van der Waals surface area contributed by atoms with E-state index < -0.39 is 0 Å². The second kappa shape index (κ2) is 5.03. The van der Waals surface area contributed by atoms with E-state index in [0.29, 0.717) is 0 Å². The van der Waals surface area contributed by atoms with Gasteiger partial charge >= 0.3 is 0 Å². The summed E-state index contributed by atoms with van der Waals surface area (Å²) >= 11 is 1.74. The second-order valence-corrected chi connectivity index (χ2v) is 4.63. The molecular weight excluding hydrogens is 216 g/mol. The third-order valence-corrected chi connectivity index (χ3v) is 3.33. The van der Waals surface area contributed by atoms with Crippen LogP contribution in [0, 0.1) is 6.92 Å². The molecule has 0 saturated heterocycles. The van der Waals surface area contributed by atoms with Crippen LogP contribution in [0.5, 0.6) is 0 Å². The number of aryl methyl sites for hydroxylation is 1. The molecule has 2 nitrogen and oxygen atoms in total. The van der Waals surface area contributed by atoms with E-state index in [0.717, 1.165) is 24.3 Å². The van der Waals surface area contributed by atoms with Gasteiger partial charge in [0.1, 0.15) is 0 Å². The molecule has 0 bridgehead atoms. The highest BCUT2D eigenvalue weighted by Gasteiger charge is 2.01. The van der Waals surface area contributed by atoms with E-state index in [4.69, 9.17) is 5.73 Å². The van der Waals surface area contributed by atoms with E-state index in [1.807, 2.05) is 12.1 Å². The molecule has 16 heavy (non-hydrogen) atoms. The Balaban J connectivity index is 1.95. The Hall–Kier alpha value is -1.48. The number of benzene rings is 1. The highest BCUT2D eigenvalue weighted by atomic mass is 32.1. The number of anilines is 2. The minimum Gasteiger partial charge on any atom is -0.397 e. The Morgan fingerprint density at radius 3 is 2.88 bits per heavy atom. The van der Waals surface area contributed by atoms with Gasteiger partial charge in [-0.05, 0) is 47.4 Å². The zero-order valence-electron chi connectivity index (χ0n) is 9.36. The summed E-state index contributed by atoms with van der Waals surface area (Å²) < 4.78 is 0. The Kier molecular flexibility index (Phi) is 3.47. The number of nitrogens with one attached hydrogen (secondary N) is 1. The third kappa shape index (κ3) is 2.55. The first-order chi connectivity index (χ1) is 7.77. The van der Waals surface area contributed by atoms with Gasteiger partial charge in [0.2, 0.25) is 0 Å². The van der Waals surface area contributed by atoms with Crippen LogP contribution in [0.1, 0.15) is 11.1 Å². The molecule has 84 valence electrons. The Bertz CT molecular complexity index is 429. The van der Waals surface area contributed by atoms with Gasteiger partial charge in [-0.2, -0.15) is 11.3 Å². The lowest BCUT2D eigenvalue weighted by molar-refractivity contribution is 1.02. The van der Waals surface area contributed by atoms with E-state index in [9.17, 15) is 0 Å². The normalized spacial score (nSPS) is 10.3. The monoisotopic (exact) mass is 232 g/mol. The topological polar surface area (TPSA) is 38.0 Å². The lowest BCUT2D eigenvalue weighted by Gasteiger charge is -2.11. The van der Waals surface area contributed by atoms with Crippen LogP contribution in [0.3, 0.4) is 0 Å². The molecule has 0 radical (unpaired) electrons. The zero-order chi connectivity index (χ0) is 11.4. The predicted octanol–water partition coefficient (Wildman–Crippen LogP) is 3.29. The van der Waals surface area contributed by atoms with Crippen molar-refractivity contribution in [3.05, 3.63) is 46.2 Å². The summed E-state index contributed by atoms with van der Waals surface area (Å²) in [6.45, 7) is 3.00. The van der Waals surface area contributed by atoms with Gasteiger partial charge in [-0.3, -0.25) is 0 Å². The molecule has 1 aromatic heterocycles. The molecule has 1 aromatic carbocycles. The number of para-hydroxylation sites is 1. The van der Waals surface area contributed by atoms with Crippen molar-refractivity contribution in [3.8, 4) is 0 Å². The molecule has 2 rings (SSSR count). The summed E-state index contributed by atoms with van der Waals surface area (Å²) in [4.78, 5) is 0. The van der Waals surface area contributed by atoms with Gasteiger partial charge in [-0.1, -0.05) is 12.1 Å². The number of hydrogen-bond acceptors (Lipinski definition) is 3. The van der Waals surface area contributed by atoms with Gasteiger partial charge in [-0.15, -0.1) is 0 Å². The van der Waals surface area contributed by atoms with Crippen LogP contribution in [0.25, 0.3) is 0 Å². The van der Waals surface area contributed by atoms with Crippen molar-refractivity contribution in [2.75, 3.05) is 17.6 Å². The van der Waals surface area contributed by atoms with E-state index in [-0.39, 0.29) is 0 Å². The van der Waals surface area contributed by atoms with Crippen molar-refractivity contribution >= 4 is 22.7 Å². The molecular formula is C13H16N2S. The van der Waals surface area contributed by atoms with Gasteiger partial charge in [0.05, 0.1) is 11.4 Å². The van der Waals surface area contributed by atoms with Gasteiger partial charge in [0, 0.05) is 6.54 Å². The Labute approximate surface area is 100 Å². The summed E-state index contributed by atoms with van der Waals surface area (Å²) in [6, 6.07) is 8.14. The van der Waals surface area contributed by atoms with Crippen molar-refractivity contribution in [1.82, 2.24) is 0 Å². The van der Waals surface area contributed by atoms with Crippen LogP contribution >= 0.6 is 11.3 Å². The maximum Gasteiger partial charge on any atom is 0.0603 e. The molecule has 0 aliphatic carbocycles. The fourth-order valence-corrected chi connectivity index (χ4v) is 2.40. The van der Waals surface area contributed by atoms with Crippen molar-refractivity contribution in [2.45, 2.75) is 13.3 Å². The van der Waals surface area contributed by atoms with Crippen LogP contribution in [0.15, 0.2) is 35.0 Å². The average molecular weight is 232 g/mol. The zero-order valence-corrected chi connectivity index (χ0v) is 10.2. The maximum absolute atomic E-state index is 5.92. The number of nitrogen functional groups attached to an aromatic ring is 1. The quantitative estimate of drug-likeness (QED) is 0.794. The fraction of sp³-hybridized carbons (Fsp3) is 0.231. The average Bonchev–Trinajstić information content (AvgIpc) is 2.75. The molecule has 3 heteroatoms. The van der Waals surface area contributed by atoms with Crippen molar-refractivity contribution in [2.24, 2.45) is 0 Å². The molecule has 1 heterocycles. The fourth-order valence-electron chi connectivity index (χ4n) is 1.70. The third-order valence-electron chi connectivity index (χ3n) is 2.60. The van der Waals surface area contributed by atoms with Gasteiger partial charge < -0.3 is 11.1 Å². The summed E-state index contributed by atoms with van der Waals surface area (Å²) in [5.74, 6) is 0. The molecule has 0 saturated carbocycles. The number of thiophene rings is 1. The second-order valence-electron chi connectivity index (χ2n) is 3.85. The number of hydrogen-bond donors (Lipinski definition) is 2. The molecule has 0 aliphatic heterocycles. The predicted molar refractivity (Wildman–Crippen MR) is 72.1 cm³/mol. The van der Waals surface area contributed by atoms with Gasteiger partial charge in [-0.25, -0.2) is 0 Å². The molecule has 0 amide bonds. The standard InChI is InChI=1S/C13H16N2S/c1-10-3-2-4-12(14)13(10)15-7-5-11-6-8-16-9-11/h2-4,6,8-9,15H,5,7,14H2,1H3. The SMILES string of the molecule is Cc1cccc(N)c1NCCc1ccsc1. The minimum absolute atomic E-state index is 0.824. The molecule has 3 N–H and O–H groups in total. The minimum atomic E-state index is 0.824. The summed E-state index contributed by atoms with van der Waals surface area (Å²) in [5.41, 5.74) is 10.4. The molecule has 0 fully saturated rings. The molecule has 0 atom stereocenters. The molecule has 0 aliphatic rings. The van der Waals surface area contributed by atoms with Crippen molar-refractivity contribution < 1.29 is 0 Å². The van der Waals surface area contributed by atoms with Crippen LogP contribution in [-0.4, -0.2) is 6.54 Å². The Morgan fingerprint density at radius 2 is 2.19 bits per heavy atom. The van der Waals surface area contributed by atoms with E-state index in [2.05, 4.69) is 35.1 Å². The lowest BCUT2D eigenvalue weighted by Crippen LogP contribution is -2.07. The van der Waals surface area contributed by atoms with Gasteiger partial charge in [0.25, 0.3) is 0 Å². The summed E-state index contributed by atoms with van der Waals surface area (Å²) in [5, 5.41) is 7.69. The number of rotatable bonds is 4. The van der Waals surface area contributed by atoms with E-state index in [1.54, 1.807) is 11.3 Å². The van der Waals surface area contributed by atoms with Crippen LogP contribution in [-0.2, 0) is 6.42 Å². The van der Waals surface area contributed by atoms with Crippen LogP contribution in [0.2, 0.25) is 0 Å². The number of nitrogens with two attached hydrogens (primary N) is 1. The van der Waals surface area contributed by atoms with Crippen LogP contribution in [0.4, 0.5) is 11.4 Å². The van der Waals surface area contributed by atoms with Gasteiger partial charge in [0.15, 0.2) is 0 Å². The van der Waals surface area contributed by atoms with Crippen LogP contribution < -0.4 is 11.1 Å². The molecule has 0 unspecified atom stereocenters. The van der Waals surface area contributed by atoms with Crippen molar-refractivity contribution in [1.29, 1.82) is 0 Å². The molecule has 0 spiro atoms. The first-order valence-corrected chi connectivity index (χ1v) is 6.31. The first kappa shape index (κ1) is 11.0. The van der Waals surface area contributed by atoms with E-state index in [1.165, 1.54) is 11.1 Å².